The smallest absolute Gasteiger partial charge is 0.166 e. The van der Waals surface area contributed by atoms with Gasteiger partial charge in [-0.1, -0.05) is 50.1 Å². The zero-order valence-electron chi connectivity index (χ0n) is 21.2. The van der Waals surface area contributed by atoms with Crippen molar-refractivity contribution in [3.63, 3.8) is 0 Å². The maximum Gasteiger partial charge on any atom is 0.166 e. The van der Waals surface area contributed by atoms with Crippen molar-refractivity contribution in [2.24, 2.45) is 11.8 Å². The van der Waals surface area contributed by atoms with Gasteiger partial charge in [-0.2, -0.15) is 0 Å². The molecule has 2 aliphatic carbocycles. The Balaban J connectivity index is 1.33. The first-order valence-electron chi connectivity index (χ1n) is 13.6. The molecule has 0 aliphatic heterocycles. The van der Waals surface area contributed by atoms with Crippen LogP contribution in [0.4, 0.5) is 13.2 Å². The van der Waals surface area contributed by atoms with Crippen molar-refractivity contribution in [2.45, 2.75) is 89.9 Å². The normalized spacial score (nSPS) is 25.2. The molecule has 0 aromatic heterocycles. The molecule has 2 aromatic carbocycles. The molecule has 2 aliphatic rings. The quantitative estimate of drug-likeness (QED) is 0.362. The van der Waals surface area contributed by atoms with Gasteiger partial charge in [-0.15, -0.1) is 0 Å². The molecule has 2 saturated carbocycles. The van der Waals surface area contributed by atoms with Gasteiger partial charge in [0.25, 0.3) is 0 Å². The topological polar surface area (TPSA) is 9.23 Å². The predicted molar refractivity (Wildman–Crippen MR) is 137 cm³/mol. The Morgan fingerprint density at radius 3 is 2.20 bits per heavy atom. The van der Waals surface area contributed by atoms with E-state index < -0.39 is 11.6 Å². The Morgan fingerprint density at radius 2 is 1.54 bits per heavy atom. The van der Waals surface area contributed by atoms with Crippen LogP contribution in [-0.4, -0.2) is 6.61 Å². The van der Waals surface area contributed by atoms with Gasteiger partial charge < -0.3 is 4.74 Å². The predicted octanol–water partition coefficient (Wildman–Crippen LogP) is 9.56. The first kappa shape index (κ1) is 25.9. The Morgan fingerprint density at radius 1 is 0.829 bits per heavy atom. The van der Waals surface area contributed by atoms with Gasteiger partial charge in [0.05, 0.1) is 6.61 Å². The van der Waals surface area contributed by atoms with E-state index in [2.05, 4.69) is 6.92 Å². The molecule has 0 atom stereocenters. The van der Waals surface area contributed by atoms with E-state index in [0.29, 0.717) is 35.3 Å². The lowest BCUT2D eigenvalue weighted by Gasteiger charge is -2.29. The average molecular weight is 485 g/mol. The fourth-order valence-electron chi connectivity index (χ4n) is 6.12. The molecular formula is C31H39F3O. The summed E-state index contributed by atoms with van der Waals surface area (Å²) in [4.78, 5) is 0. The zero-order chi connectivity index (χ0) is 24.8. The van der Waals surface area contributed by atoms with Crippen molar-refractivity contribution in [3.05, 3.63) is 70.5 Å². The van der Waals surface area contributed by atoms with Crippen LogP contribution in [0.5, 0.6) is 5.75 Å². The van der Waals surface area contributed by atoms with E-state index in [-0.39, 0.29) is 11.7 Å². The number of benzene rings is 2. The second kappa shape index (κ2) is 12.1. The summed E-state index contributed by atoms with van der Waals surface area (Å²) in [5.74, 6) is 0.160. The van der Waals surface area contributed by atoms with E-state index in [9.17, 15) is 13.2 Å². The summed E-state index contributed by atoms with van der Waals surface area (Å²) in [6.07, 6.45) is 14.2. The summed E-state index contributed by atoms with van der Waals surface area (Å²) >= 11 is 0. The zero-order valence-corrected chi connectivity index (χ0v) is 21.2. The standard InChI is InChI=1S/C31H39F3O/c1-3-5-21-8-13-24(14-9-21)27-18-16-25(30(33)31(27)34)15-10-22-6-11-23(12-7-22)26-17-19-29(35-4-2)28(32)20-26/h10,15-24H,3-9,11-14H2,1-2H3. The molecule has 0 radical (unpaired) electrons. The van der Waals surface area contributed by atoms with Crippen molar-refractivity contribution in [3.8, 4) is 5.75 Å². The number of halogens is 3. The lowest BCUT2D eigenvalue weighted by Crippen LogP contribution is -2.15. The molecule has 0 spiro atoms. The van der Waals surface area contributed by atoms with Gasteiger partial charge in [0.15, 0.2) is 23.2 Å². The molecule has 0 bridgehead atoms. The second-order valence-corrected chi connectivity index (χ2v) is 10.5. The van der Waals surface area contributed by atoms with Crippen LogP contribution >= 0.6 is 0 Å². The minimum Gasteiger partial charge on any atom is -0.491 e. The molecule has 0 saturated heterocycles. The lowest BCUT2D eigenvalue weighted by atomic mass is 9.77. The van der Waals surface area contributed by atoms with Gasteiger partial charge in [0, 0.05) is 5.56 Å². The lowest BCUT2D eigenvalue weighted by molar-refractivity contribution is 0.303. The first-order chi connectivity index (χ1) is 17.0. The number of hydrogen-bond acceptors (Lipinski definition) is 1. The summed E-state index contributed by atoms with van der Waals surface area (Å²) in [7, 11) is 0. The van der Waals surface area contributed by atoms with Crippen LogP contribution in [-0.2, 0) is 0 Å². The molecule has 0 N–H and O–H groups in total. The molecule has 2 aromatic rings. The van der Waals surface area contributed by atoms with Gasteiger partial charge in [-0.25, -0.2) is 13.2 Å². The minimum absolute atomic E-state index is 0.137. The Kier molecular flexibility index (Phi) is 8.97. The van der Waals surface area contributed by atoms with Crippen LogP contribution in [0.15, 0.2) is 36.4 Å². The summed E-state index contributed by atoms with van der Waals surface area (Å²) in [6, 6.07) is 8.83. The molecule has 1 nitrogen and oxygen atoms in total. The fourth-order valence-corrected chi connectivity index (χ4v) is 6.12. The van der Waals surface area contributed by atoms with E-state index in [0.717, 1.165) is 62.8 Å². The fraction of sp³-hybridized carbons (Fsp3) is 0.548. The van der Waals surface area contributed by atoms with E-state index in [4.69, 9.17) is 4.74 Å². The first-order valence-corrected chi connectivity index (χ1v) is 13.6. The molecule has 4 rings (SSSR count). The van der Waals surface area contributed by atoms with Crippen LogP contribution in [0.1, 0.15) is 107 Å². The highest BCUT2D eigenvalue weighted by atomic mass is 19.2. The van der Waals surface area contributed by atoms with Crippen LogP contribution in [0, 0.1) is 29.3 Å². The maximum absolute atomic E-state index is 15.0. The summed E-state index contributed by atoms with van der Waals surface area (Å²) in [5.41, 5.74) is 1.90. The van der Waals surface area contributed by atoms with Crippen LogP contribution < -0.4 is 4.74 Å². The molecule has 0 amide bonds. The molecule has 0 unspecified atom stereocenters. The highest BCUT2D eigenvalue weighted by molar-refractivity contribution is 5.52. The Bertz CT molecular complexity index is 999. The molecule has 2 fully saturated rings. The monoisotopic (exact) mass is 484 g/mol. The summed E-state index contributed by atoms with van der Waals surface area (Å²) in [6.45, 7) is 4.50. The molecule has 35 heavy (non-hydrogen) atoms. The SMILES string of the molecule is CCCC1CCC(c2ccc(C=CC3CCC(c4ccc(OCC)c(F)c4)CC3)c(F)c2F)CC1. The van der Waals surface area contributed by atoms with Crippen LogP contribution in [0.25, 0.3) is 6.08 Å². The average Bonchev–Trinajstić information content (AvgIpc) is 2.87. The number of ether oxygens (including phenoxy) is 1. The van der Waals surface area contributed by atoms with Crippen molar-refractivity contribution in [1.82, 2.24) is 0 Å². The minimum atomic E-state index is -0.715. The third-order valence-electron chi connectivity index (χ3n) is 8.17. The van der Waals surface area contributed by atoms with Crippen molar-refractivity contribution < 1.29 is 17.9 Å². The van der Waals surface area contributed by atoms with E-state index in [1.165, 1.54) is 12.8 Å². The van der Waals surface area contributed by atoms with E-state index in [1.807, 2.05) is 19.1 Å². The van der Waals surface area contributed by atoms with Gasteiger partial charge >= 0.3 is 0 Å². The van der Waals surface area contributed by atoms with Gasteiger partial charge in [-0.3, -0.25) is 0 Å². The third kappa shape index (κ3) is 6.32. The highest BCUT2D eigenvalue weighted by Gasteiger charge is 2.26. The van der Waals surface area contributed by atoms with E-state index in [1.54, 1.807) is 30.3 Å². The van der Waals surface area contributed by atoms with Crippen molar-refractivity contribution >= 4 is 6.08 Å². The molecule has 4 heteroatoms. The summed E-state index contributed by atoms with van der Waals surface area (Å²) in [5, 5.41) is 0. The van der Waals surface area contributed by atoms with Gasteiger partial charge in [0.2, 0.25) is 0 Å². The van der Waals surface area contributed by atoms with Gasteiger partial charge in [0.1, 0.15) is 0 Å². The Hall–Kier alpha value is -2.23. The summed E-state index contributed by atoms with van der Waals surface area (Å²) < 4.78 is 49.4. The third-order valence-corrected chi connectivity index (χ3v) is 8.17. The maximum atomic E-state index is 15.0. The molecular weight excluding hydrogens is 445 g/mol. The van der Waals surface area contributed by atoms with Crippen molar-refractivity contribution in [2.75, 3.05) is 6.61 Å². The number of allylic oxidation sites excluding steroid dienone is 1. The van der Waals surface area contributed by atoms with Crippen molar-refractivity contribution in [1.29, 1.82) is 0 Å². The van der Waals surface area contributed by atoms with Crippen LogP contribution in [0.2, 0.25) is 0 Å². The highest BCUT2D eigenvalue weighted by Crippen LogP contribution is 2.40. The second-order valence-electron chi connectivity index (χ2n) is 10.5. The Labute approximate surface area is 208 Å². The van der Waals surface area contributed by atoms with E-state index >= 15 is 0 Å². The molecule has 190 valence electrons. The van der Waals surface area contributed by atoms with Crippen LogP contribution in [0.3, 0.4) is 0 Å². The van der Waals surface area contributed by atoms with Gasteiger partial charge in [-0.05, 0) is 105 Å². The number of rotatable bonds is 8. The molecule has 0 heterocycles. The number of hydrogen-bond donors (Lipinski definition) is 0. The largest absolute Gasteiger partial charge is 0.491 e.